The number of halogens is 3. The largest absolute Gasteiger partial charge is 0.365 e. The lowest BCUT2D eigenvalue weighted by molar-refractivity contribution is 0.0257. The summed E-state index contributed by atoms with van der Waals surface area (Å²) >= 11 is 5.71. The normalized spacial score (nSPS) is 20.1. The molecule has 1 nitrogen and oxygen atoms in total. The van der Waals surface area contributed by atoms with Gasteiger partial charge in [0.25, 0.3) is 5.92 Å². The molecule has 1 aromatic rings. The van der Waals surface area contributed by atoms with Crippen molar-refractivity contribution in [2.75, 3.05) is 18.0 Å². The van der Waals surface area contributed by atoms with Gasteiger partial charge in [0, 0.05) is 23.7 Å². The molecule has 1 aromatic carbocycles. The lowest BCUT2D eigenvalue weighted by atomic mass is 10.3. The molecular weight excluding hydrogens is 208 g/mol. The molecule has 1 aliphatic heterocycles. The van der Waals surface area contributed by atoms with Gasteiger partial charge >= 0.3 is 0 Å². The van der Waals surface area contributed by atoms with Crippen LogP contribution in [0.25, 0.3) is 0 Å². The number of nitrogens with zero attached hydrogens (tertiary/aromatic N) is 1. The maximum absolute atomic E-state index is 12.9. The third-order valence-corrected chi connectivity index (χ3v) is 2.61. The molecule has 0 radical (unpaired) electrons. The van der Waals surface area contributed by atoms with Crippen molar-refractivity contribution < 1.29 is 8.78 Å². The molecule has 76 valence electrons. The van der Waals surface area contributed by atoms with Crippen molar-refractivity contribution in [3.63, 3.8) is 0 Å². The Morgan fingerprint density at radius 3 is 2.36 bits per heavy atom. The van der Waals surface area contributed by atoms with Crippen LogP contribution in [-0.4, -0.2) is 19.0 Å². The van der Waals surface area contributed by atoms with Crippen LogP contribution in [0.15, 0.2) is 24.3 Å². The van der Waals surface area contributed by atoms with Gasteiger partial charge in [-0.25, -0.2) is 8.78 Å². The molecule has 0 aliphatic carbocycles. The van der Waals surface area contributed by atoms with E-state index in [2.05, 4.69) is 0 Å². The first-order chi connectivity index (χ1) is 6.57. The Balaban J connectivity index is 2.14. The lowest BCUT2D eigenvalue weighted by Crippen LogP contribution is -2.24. The summed E-state index contributed by atoms with van der Waals surface area (Å²) in [6.45, 7) is 0.225. The summed E-state index contributed by atoms with van der Waals surface area (Å²) in [6.07, 6.45) is -0.0599. The molecule has 0 N–H and O–H groups in total. The van der Waals surface area contributed by atoms with Crippen LogP contribution in [0.4, 0.5) is 14.5 Å². The van der Waals surface area contributed by atoms with E-state index in [1.54, 1.807) is 29.2 Å². The van der Waals surface area contributed by atoms with Crippen LogP contribution in [0.5, 0.6) is 0 Å². The molecule has 0 unspecified atom stereocenters. The van der Waals surface area contributed by atoms with E-state index in [4.69, 9.17) is 11.6 Å². The van der Waals surface area contributed by atoms with E-state index < -0.39 is 5.92 Å². The molecule has 0 saturated carbocycles. The minimum absolute atomic E-state index is 0.0599. The van der Waals surface area contributed by atoms with Gasteiger partial charge in [-0.3, -0.25) is 0 Å². The maximum Gasteiger partial charge on any atom is 0.266 e. The average molecular weight is 218 g/mol. The third kappa shape index (κ3) is 1.98. The summed E-state index contributed by atoms with van der Waals surface area (Å²) < 4.78 is 25.8. The van der Waals surface area contributed by atoms with Crippen LogP contribution < -0.4 is 4.90 Å². The first-order valence-electron chi connectivity index (χ1n) is 4.45. The van der Waals surface area contributed by atoms with Crippen LogP contribution in [0.3, 0.4) is 0 Å². The van der Waals surface area contributed by atoms with E-state index >= 15 is 0 Å². The minimum atomic E-state index is -2.54. The highest BCUT2D eigenvalue weighted by molar-refractivity contribution is 6.30. The SMILES string of the molecule is FC1(F)CCN(c2ccc(Cl)cc2)C1. The van der Waals surface area contributed by atoms with E-state index in [1.165, 1.54) is 0 Å². The van der Waals surface area contributed by atoms with E-state index in [0.29, 0.717) is 11.6 Å². The van der Waals surface area contributed by atoms with E-state index in [0.717, 1.165) is 5.69 Å². The molecule has 0 amide bonds. The Morgan fingerprint density at radius 2 is 1.86 bits per heavy atom. The number of hydrogen-bond acceptors (Lipinski definition) is 1. The van der Waals surface area contributed by atoms with Crippen molar-refractivity contribution in [3.8, 4) is 0 Å². The lowest BCUT2D eigenvalue weighted by Gasteiger charge is -2.17. The van der Waals surface area contributed by atoms with E-state index in [1.807, 2.05) is 0 Å². The molecule has 0 aromatic heterocycles. The molecule has 1 fully saturated rings. The summed E-state index contributed by atoms with van der Waals surface area (Å²) in [4.78, 5) is 1.68. The molecule has 1 heterocycles. The van der Waals surface area contributed by atoms with Crippen LogP contribution >= 0.6 is 11.6 Å². The molecule has 2 rings (SSSR count). The zero-order valence-corrected chi connectivity index (χ0v) is 8.27. The molecule has 4 heteroatoms. The summed E-state index contributed by atoms with van der Waals surface area (Å²) in [6, 6.07) is 6.97. The second-order valence-corrected chi connectivity index (χ2v) is 3.94. The highest BCUT2D eigenvalue weighted by atomic mass is 35.5. The molecular formula is C10H10ClF2N. The summed E-state index contributed by atoms with van der Waals surface area (Å²) in [5, 5.41) is 0.625. The molecule has 14 heavy (non-hydrogen) atoms. The smallest absolute Gasteiger partial charge is 0.266 e. The van der Waals surface area contributed by atoms with Crippen LogP contribution in [0.1, 0.15) is 6.42 Å². The first-order valence-corrected chi connectivity index (χ1v) is 4.83. The molecule has 0 bridgehead atoms. The van der Waals surface area contributed by atoms with Crippen molar-refractivity contribution in [1.29, 1.82) is 0 Å². The van der Waals surface area contributed by atoms with Gasteiger partial charge in [-0.2, -0.15) is 0 Å². The second-order valence-electron chi connectivity index (χ2n) is 3.50. The van der Waals surface area contributed by atoms with Gasteiger partial charge < -0.3 is 4.90 Å². The predicted octanol–water partition coefficient (Wildman–Crippen LogP) is 3.19. The van der Waals surface area contributed by atoms with Crippen LogP contribution in [0.2, 0.25) is 5.02 Å². The van der Waals surface area contributed by atoms with Crippen molar-refractivity contribution in [2.24, 2.45) is 0 Å². The zero-order valence-electron chi connectivity index (χ0n) is 7.51. The first kappa shape index (κ1) is 9.71. The summed E-state index contributed by atoms with van der Waals surface area (Å²) in [7, 11) is 0. The van der Waals surface area contributed by atoms with Gasteiger partial charge in [0.1, 0.15) is 0 Å². The van der Waals surface area contributed by atoms with Gasteiger partial charge in [-0.1, -0.05) is 11.6 Å². The molecule has 1 saturated heterocycles. The van der Waals surface area contributed by atoms with Gasteiger partial charge in [-0.15, -0.1) is 0 Å². The molecule has 1 aliphatic rings. The number of rotatable bonds is 1. The number of alkyl halides is 2. The fraction of sp³-hybridized carbons (Fsp3) is 0.400. The third-order valence-electron chi connectivity index (χ3n) is 2.36. The van der Waals surface area contributed by atoms with Gasteiger partial charge in [0.2, 0.25) is 0 Å². The molecule has 0 atom stereocenters. The Hall–Kier alpha value is -0.830. The Kier molecular flexibility index (Phi) is 2.35. The Morgan fingerprint density at radius 1 is 1.21 bits per heavy atom. The Labute approximate surface area is 86.3 Å². The van der Waals surface area contributed by atoms with Gasteiger partial charge in [0.05, 0.1) is 6.54 Å². The predicted molar refractivity (Wildman–Crippen MR) is 53.2 cm³/mol. The van der Waals surface area contributed by atoms with Crippen molar-refractivity contribution >= 4 is 17.3 Å². The summed E-state index contributed by atoms with van der Waals surface area (Å²) in [5.41, 5.74) is 0.812. The van der Waals surface area contributed by atoms with Crippen molar-refractivity contribution in [1.82, 2.24) is 0 Å². The quantitative estimate of drug-likeness (QED) is 0.699. The minimum Gasteiger partial charge on any atom is -0.365 e. The van der Waals surface area contributed by atoms with E-state index in [9.17, 15) is 8.78 Å². The number of benzene rings is 1. The number of hydrogen-bond donors (Lipinski definition) is 0. The zero-order chi connectivity index (χ0) is 10.2. The van der Waals surface area contributed by atoms with Crippen LogP contribution in [0, 0.1) is 0 Å². The standard InChI is InChI=1S/C10H10ClF2N/c11-8-1-3-9(4-2-8)14-6-5-10(12,13)7-14/h1-4H,5-7H2. The van der Waals surface area contributed by atoms with Gasteiger partial charge in [-0.05, 0) is 24.3 Å². The van der Waals surface area contributed by atoms with Crippen LogP contribution in [-0.2, 0) is 0 Å². The highest BCUT2D eigenvalue weighted by Gasteiger charge is 2.38. The Bertz CT molecular complexity index is 323. The summed E-state index contributed by atoms with van der Waals surface area (Å²) in [5.74, 6) is -2.54. The second kappa shape index (κ2) is 3.39. The number of anilines is 1. The topological polar surface area (TPSA) is 3.24 Å². The average Bonchev–Trinajstić information content (AvgIpc) is 2.47. The molecule has 0 spiro atoms. The van der Waals surface area contributed by atoms with E-state index in [-0.39, 0.29) is 13.0 Å². The maximum atomic E-state index is 12.9. The highest BCUT2D eigenvalue weighted by Crippen LogP contribution is 2.31. The van der Waals surface area contributed by atoms with Crippen molar-refractivity contribution in [2.45, 2.75) is 12.3 Å². The fourth-order valence-corrected chi connectivity index (χ4v) is 1.73. The van der Waals surface area contributed by atoms with Crippen molar-refractivity contribution in [3.05, 3.63) is 29.3 Å². The van der Waals surface area contributed by atoms with Gasteiger partial charge in [0.15, 0.2) is 0 Å². The fourth-order valence-electron chi connectivity index (χ4n) is 1.61. The monoisotopic (exact) mass is 217 g/mol.